The van der Waals surface area contributed by atoms with Crippen molar-refractivity contribution in [1.82, 2.24) is 14.0 Å². The molecule has 2 aliphatic heterocycles. The van der Waals surface area contributed by atoms with E-state index < -0.39 is 10.2 Å². The summed E-state index contributed by atoms with van der Waals surface area (Å²) >= 11 is 0. The maximum atomic E-state index is 12.9. The summed E-state index contributed by atoms with van der Waals surface area (Å²) in [5.41, 5.74) is 2.13. The zero-order valence-electron chi connectivity index (χ0n) is 16.8. The van der Waals surface area contributed by atoms with Gasteiger partial charge in [-0.2, -0.15) is 17.4 Å². The number of benzene rings is 1. The molecule has 0 amide bonds. The molecule has 0 unspecified atom stereocenters. The Morgan fingerprint density at radius 2 is 2.00 bits per heavy atom. The monoisotopic (exact) mass is 419 g/mol. The predicted molar refractivity (Wildman–Crippen MR) is 112 cm³/mol. The van der Waals surface area contributed by atoms with Crippen molar-refractivity contribution in [3.8, 4) is 0 Å². The van der Waals surface area contributed by atoms with Crippen LogP contribution in [-0.4, -0.2) is 63.8 Å². The molecule has 0 aliphatic carbocycles. The lowest BCUT2D eigenvalue weighted by Gasteiger charge is -2.32. The molecule has 0 radical (unpaired) electrons. The van der Waals surface area contributed by atoms with E-state index >= 15 is 0 Å². The van der Waals surface area contributed by atoms with E-state index in [-0.39, 0.29) is 12.0 Å². The van der Waals surface area contributed by atoms with Gasteiger partial charge in [-0.15, -0.1) is 0 Å². The first-order chi connectivity index (χ1) is 14.1. The van der Waals surface area contributed by atoms with Crippen LogP contribution < -0.4 is 4.72 Å². The summed E-state index contributed by atoms with van der Waals surface area (Å²) < 4.78 is 41.2. The Balaban J connectivity index is 1.42. The van der Waals surface area contributed by atoms with Crippen LogP contribution >= 0.6 is 0 Å². The fourth-order valence-corrected chi connectivity index (χ4v) is 5.85. The number of methoxy groups -OCH3 is 1. The van der Waals surface area contributed by atoms with Crippen LogP contribution in [0.4, 0.5) is 0 Å². The number of pyridine rings is 1. The Bertz CT molecular complexity index is 923. The highest BCUT2D eigenvalue weighted by molar-refractivity contribution is 7.87. The van der Waals surface area contributed by atoms with E-state index in [9.17, 15) is 8.42 Å². The Morgan fingerprint density at radius 3 is 2.79 bits per heavy atom. The lowest BCUT2D eigenvalue weighted by molar-refractivity contribution is 0.121. The number of fused-ring (bicyclic) bond motifs is 1. The van der Waals surface area contributed by atoms with Gasteiger partial charge >= 0.3 is 0 Å². The van der Waals surface area contributed by atoms with Crippen molar-refractivity contribution in [2.45, 2.75) is 25.3 Å². The lowest BCUT2D eigenvalue weighted by Crippen LogP contribution is -2.50. The van der Waals surface area contributed by atoms with Crippen molar-refractivity contribution in [2.75, 3.05) is 40.0 Å². The zero-order valence-corrected chi connectivity index (χ0v) is 17.6. The van der Waals surface area contributed by atoms with E-state index in [0.717, 1.165) is 30.2 Å². The molecule has 2 atom stereocenters. The molecule has 7 nitrogen and oxygen atoms in total. The molecule has 8 heteroatoms. The van der Waals surface area contributed by atoms with Gasteiger partial charge in [-0.1, -0.05) is 18.2 Å². The van der Waals surface area contributed by atoms with Crippen LogP contribution in [0.1, 0.15) is 18.4 Å². The minimum absolute atomic E-state index is 0.0987. The molecule has 1 N–H and O–H groups in total. The van der Waals surface area contributed by atoms with Crippen molar-refractivity contribution in [1.29, 1.82) is 0 Å². The molecule has 1 aromatic carbocycles. The molecule has 158 valence electrons. The molecular weight excluding hydrogens is 390 g/mol. The molecule has 0 bridgehead atoms. The van der Waals surface area contributed by atoms with Crippen LogP contribution in [0.5, 0.6) is 0 Å². The first kappa shape index (κ1) is 20.7. The Kier molecular flexibility index (Phi) is 6.46. The van der Waals surface area contributed by atoms with Crippen LogP contribution in [-0.2, 0) is 26.1 Å². The Labute approximate surface area is 172 Å². The minimum Gasteiger partial charge on any atom is -0.384 e. The third kappa shape index (κ3) is 4.78. The first-order valence-corrected chi connectivity index (χ1v) is 11.7. The molecule has 2 saturated heterocycles. The fraction of sp³-hybridized carbons (Fsp3) is 0.571. The number of hydrogen-bond acceptors (Lipinski definition) is 5. The van der Waals surface area contributed by atoms with Gasteiger partial charge in [-0.05, 0) is 42.9 Å². The third-order valence-corrected chi connectivity index (χ3v) is 7.68. The number of hydrogen-bond donors (Lipinski definition) is 1. The second-order valence-corrected chi connectivity index (χ2v) is 9.72. The number of aromatic nitrogens is 1. The summed E-state index contributed by atoms with van der Waals surface area (Å²) in [6.07, 6.45) is 4.24. The molecule has 2 aromatic rings. The van der Waals surface area contributed by atoms with Crippen molar-refractivity contribution in [2.24, 2.45) is 11.8 Å². The van der Waals surface area contributed by atoms with Gasteiger partial charge in [0.15, 0.2) is 0 Å². The van der Waals surface area contributed by atoms with Crippen molar-refractivity contribution in [3.63, 3.8) is 0 Å². The molecule has 29 heavy (non-hydrogen) atoms. The average molecular weight is 420 g/mol. The quantitative estimate of drug-likeness (QED) is 0.742. The summed E-state index contributed by atoms with van der Waals surface area (Å²) in [4.78, 5) is 4.42. The summed E-state index contributed by atoms with van der Waals surface area (Å²) in [6, 6.07) is 9.85. The normalized spacial score (nSPS) is 24.3. The predicted octanol–water partition coefficient (Wildman–Crippen LogP) is 1.99. The van der Waals surface area contributed by atoms with Gasteiger partial charge in [0.1, 0.15) is 0 Å². The van der Waals surface area contributed by atoms with Crippen molar-refractivity contribution < 1.29 is 17.9 Å². The SMILES string of the molecule is COCC1CCN(S(=O)(=O)N[C@H]2COC[C@H]2Cc2ccnc3ccccc23)CC1. The van der Waals surface area contributed by atoms with E-state index in [2.05, 4.69) is 15.8 Å². The van der Waals surface area contributed by atoms with Gasteiger partial charge in [0.2, 0.25) is 0 Å². The zero-order chi connectivity index (χ0) is 20.3. The average Bonchev–Trinajstić information content (AvgIpc) is 3.15. The van der Waals surface area contributed by atoms with Gasteiger partial charge in [0.25, 0.3) is 10.2 Å². The number of rotatable bonds is 7. The van der Waals surface area contributed by atoms with Crippen molar-refractivity contribution in [3.05, 3.63) is 42.1 Å². The van der Waals surface area contributed by atoms with Gasteiger partial charge in [-0.25, -0.2) is 0 Å². The summed E-state index contributed by atoms with van der Waals surface area (Å²) in [5.74, 6) is 0.538. The molecule has 0 spiro atoms. The van der Waals surface area contributed by atoms with Gasteiger partial charge in [0.05, 0.1) is 24.8 Å². The first-order valence-electron chi connectivity index (χ1n) is 10.2. The highest BCUT2D eigenvalue weighted by Crippen LogP contribution is 2.25. The van der Waals surface area contributed by atoms with E-state index in [1.807, 2.05) is 30.5 Å². The molecule has 3 heterocycles. The van der Waals surface area contributed by atoms with Crippen LogP contribution in [0.15, 0.2) is 36.5 Å². The second kappa shape index (κ2) is 9.06. The van der Waals surface area contributed by atoms with Gasteiger partial charge in [0, 0.05) is 44.3 Å². The summed E-state index contributed by atoms with van der Waals surface area (Å²) in [7, 11) is -1.83. The topological polar surface area (TPSA) is 80.8 Å². The summed E-state index contributed by atoms with van der Waals surface area (Å²) in [6.45, 7) is 2.74. The van der Waals surface area contributed by atoms with Gasteiger partial charge in [-0.3, -0.25) is 4.98 Å². The molecule has 2 fully saturated rings. The molecule has 2 aliphatic rings. The largest absolute Gasteiger partial charge is 0.384 e. The van der Waals surface area contributed by atoms with E-state index in [1.165, 1.54) is 5.56 Å². The third-order valence-electron chi connectivity index (χ3n) is 6.04. The van der Waals surface area contributed by atoms with Crippen LogP contribution in [0.2, 0.25) is 0 Å². The Hall–Kier alpha value is -1.58. The molecular formula is C21H29N3O4S. The Morgan fingerprint density at radius 1 is 1.21 bits per heavy atom. The fourth-order valence-electron chi connectivity index (χ4n) is 4.36. The maximum absolute atomic E-state index is 12.9. The molecule has 1 aromatic heterocycles. The molecule has 0 saturated carbocycles. The second-order valence-electron chi connectivity index (χ2n) is 8.02. The van der Waals surface area contributed by atoms with Gasteiger partial charge < -0.3 is 9.47 Å². The van der Waals surface area contributed by atoms with E-state index in [4.69, 9.17) is 9.47 Å². The highest BCUT2D eigenvalue weighted by atomic mass is 32.2. The summed E-state index contributed by atoms with van der Waals surface area (Å²) in [5, 5.41) is 1.11. The molecule has 4 rings (SSSR count). The van der Waals surface area contributed by atoms with E-state index in [1.54, 1.807) is 11.4 Å². The number of nitrogens with one attached hydrogen (secondary N) is 1. The number of ether oxygens (including phenoxy) is 2. The number of para-hydroxylation sites is 1. The minimum atomic E-state index is -3.52. The smallest absolute Gasteiger partial charge is 0.279 e. The lowest BCUT2D eigenvalue weighted by atomic mass is 9.93. The number of nitrogens with zero attached hydrogens (tertiary/aromatic N) is 2. The van der Waals surface area contributed by atoms with E-state index in [0.29, 0.717) is 38.8 Å². The maximum Gasteiger partial charge on any atom is 0.279 e. The standard InChI is InChI=1S/C21H29N3O4S/c1-27-13-16-7-10-24(11-8-16)29(25,26)23-21-15-28-14-18(21)12-17-6-9-22-20-5-3-2-4-19(17)20/h2-6,9,16,18,21,23H,7-8,10-15H2,1H3/t18-,21+/m1/s1. The van der Waals surface area contributed by atoms with Crippen LogP contribution in [0.25, 0.3) is 10.9 Å². The van der Waals surface area contributed by atoms with Crippen LogP contribution in [0, 0.1) is 11.8 Å². The van der Waals surface area contributed by atoms with Crippen LogP contribution in [0.3, 0.4) is 0 Å². The van der Waals surface area contributed by atoms with Crippen molar-refractivity contribution >= 4 is 21.1 Å². The number of piperidine rings is 1. The highest BCUT2D eigenvalue weighted by Gasteiger charge is 2.35.